The van der Waals surface area contributed by atoms with E-state index >= 15 is 0 Å². The highest BCUT2D eigenvalue weighted by molar-refractivity contribution is 6.35. The highest BCUT2D eigenvalue weighted by atomic mass is 35.5. The quantitative estimate of drug-likeness (QED) is 0.370. The van der Waals surface area contributed by atoms with Crippen LogP contribution in [0.1, 0.15) is 29.9 Å². The van der Waals surface area contributed by atoms with Gasteiger partial charge in [0.1, 0.15) is 17.5 Å². The maximum absolute atomic E-state index is 14.5. The topological polar surface area (TPSA) is 56.0 Å². The molecule has 0 fully saturated rings. The molecule has 0 amide bonds. The molecule has 3 aromatic heterocycles. The lowest BCUT2D eigenvalue weighted by atomic mass is 9.99. The van der Waals surface area contributed by atoms with E-state index < -0.39 is 11.6 Å². The number of allylic oxidation sites excluding steroid dienone is 1. The molecule has 2 aliphatic rings. The van der Waals surface area contributed by atoms with Gasteiger partial charge in [-0.3, -0.25) is 9.98 Å². The van der Waals surface area contributed by atoms with Crippen LogP contribution in [0.25, 0.3) is 27.9 Å². The lowest BCUT2D eigenvalue weighted by molar-refractivity contribution is 0.522. The van der Waals surface area contributed by atoms with Crippen molar-refractivity contribution in [3.63, 3.8) is 0 Å². The smallest absolute Gasteiger partial charge is 0.144 e. The van der Waals surface area contributed by atoms with Crippen LogP contribution >= 0.6 is 11.6 Å². The Morgan fingerprint density at radius 1 is 0.939 bits per heavy atom. The van der Waals surface area contributed by atoms with Crippen molar-refractivity contribution in [1.29, 1.82) is 0 Å². The molecule has 4 aromatic rings. The van der Waals surface area contributed by atoms with Crippen molar-refractivity contribution in [2.24, 2.45) is 4.99 Å². The van der Waals surface area contributed by atoms with Crippen LogP contribution in [-0.4, -0.2) is 31.8 Å². The van der Waals surface area contributed by atoms with Gasteiger partial charge in [0.05, 0.1) is 39.7 Å². The molecule has 0 saturated carbocycles. The predicted octanol–water partition coefficient (Wildman–Crippen LogP) is 5.65. The number of hydrogen-bond acceptors (Lipinski definition) is 4. The van der Waals surface area contributed by atoms with Crippen molar-refractivity contribution < 1.29 is 8.78 Å². The largest absolute Gasteiger partial charge is 0.334 e. The van der Waals surface area contributed by atoms with Gasteiger partial charge in [0, 0.05) is 48.1 Å². The third-order valence-corrected chi connectivity index (χ3v) is 6.37. The second-order valence-electron chi connectivity index (χ2n) is 8.20. The first-order chi connectivity index (χ1) is 16.1. The zero-order valence-corrected chi connectivity index (χ0v) is 18.3. The monoisotopic (exact) mass is 461 g/mol. The average Bonchev–Trinajstić information content (AvgIpc) is 3.48. The molecule has 6 rings (SSSR count). The molecule has 0 atom stereocenters. The Kier molecular flexibility index (Phi) is 4.80. The Balaban J connectivity index is 1.39. The molecule has 0 spiro atoms. The van der Waals surface area contributed by atoms with E-state index in [1.807, 2.05) is 30.5 Å². The number of fused-ring (bicyclic) bond motifs is 2. The fourth-order valence-electron chi connectivity index (χ4n) is 4.42. The van der Waals surface area contributed by atoms with Gasteiger partial charge < -0.3 is 4.57 Å². The van der Waals surface area contributed by atoms with Gasteiger partial charge in [-0.05, 0) is 37.1 Å². The maximum Gasteiger partial charge on any atom is 0.144 e. The van der Waals surface area contributed by atoms with Crippen molar-refractivity contribution in [3.8, 4) is 11.3 Å². The maximum atomic E-state index is 14.5. The van der Waals surface area contributed by atoms with E-state index in [-0.39, 0.29) is 10.6 Å². The second kappa shape index (κ2) is 7.85. The number of benzene rings is 1. The molecule has 33 heavy (non-hydrogen) atoms. The molecule has 0 radical (unpaired) electrons. The Hall–Kier alpha value is -3.45. The minimum atomic E-state index is -0.801. The zero-order valence-electron chi connectivity index (χ0n) is 17.5. The molecular formula is C25H18ClF2N5. The fraction of sp³-hybridized carbons (Fsp3) is 0.200. The van der Waals surface area contributed by atoms with Gasteiger partial charge in [-0.15, -0.1) is 0 Å². The normalized spacial score (nSPS) is 15.5. The summed E-state index contributed by atoms with van der Waals surface area (Å²) in [7, 11) is 0. The van der Waals surface area contributed by atoms with Crippen LogP contribution in [-0.2, 0) is 13.0 Å². The predicted molar refractivity (Wildman–Crippen MR) is 124 cm³/mol. The first kappa shape index (κ1) is 20.2. The van der Waals surface area contributed by atoms with E-state index in [1.165, 1.54) is 12.5 Å². The molecule has 5 nitrogen and oxygen atoms in total. The minimum absolute atomic E-state index is 0.150. The van der Waals surface area contributed by atoms with Crippen LogP contribution in [0, 0.1) is 11.6 Å². The first-order valence-corrected chi connectivity index (χ1v) is 11.2. The van der Waals surface area contributed by atoms with E-state index in [2.05, 4.69) is 20.7 Å². The zero-order chi connectivity index (χ0) is 22.5. The van der Waals surface area contributed by atoms with Gasteiger partial charge in [-0.2, -0.15) is 0 Å². The van der Waals surface area contributed by atoms with Crippen molar-refractivity contribution in [2.75, 3.05) is 6.54 Å². The summed E-state index contributed by atoms with van der Waals surface area (Å²) in [5.74, 6) is -0.405. The van der Waals surface area contributed by atoms with Crippen LogP contribution in [0.3, 0.4) is 0 Å². The molecule has 2 aliphatic heterocycles. The Morgan fingerprint density at radius 3 is 2.73 bits per heavy atom. The number of nitrogens with zero attached hydrogens (tertiary/aromatic N) is 5. The van der Waals surface area contributed by atoms with Gasteiger partial charge in [0.15, 0.2) is 0 Å². The van der Waals surface area contributed by atoms with Crippen molar-refractivity contribution in [2.45, 2.75) is 25.8 Å². The molecule has 0 saturated heterocycles. The third-order valence-electron chi connectivity index (χ3n) is 6.08. The van der Waals surface area contributed by atoms with E-state index in [0.29, 0.717) is 29.0 Å². The summed E-state index contributed by atoms with van der Waals surface area (Å²) in [6, 6.07) is 7.74. The molecule has 0 aliphatic carbocycles. The Labute approximate surface area is 193 Å². The summed E-state index contributed by atoms with van der Waals surface area (Å²) in [6.07, 6.45) is 9.09. The summed E-state index contributed by atoms with van der Waals surface area (Å²) in [5, 5.41) is -0.150. The van der Waals surface area contributed by atoms with E-state index in [9.17, 15) is 8.78 Å². The number of aryl methyl sites for hydroxylation is 2. The van der Waals surface area contributed by atoms with Crippen LogP contribution in [0.2, 0.25) is 5.02 Å². The lowest BCUT2D eigenvalue weighted by Gasteiger charge is -2.11. The minimum Gasteiger partial charge on any atom is -0.334 e. The van der Waals surface area contributed by atoms with Crippen LogP contribution in [0.15, 0.2) is 53.8 Å². The van der Waals surface area contributed by atoms with Gasteiger partial charge in [-0.25, -0.2) is 18.7 Å². The summed E-state index contributed by atoms with van der Waals surface area (Å²) >= 11 is 5.90. The van der Waals surface area contributed by atoms with Crippen LogP contribution in [0.5, 0.6) is 0 Å². The van der Waals surface area contributed by atoms with E-state index in [1.54, 1.807) is 0 Å². The number of hydrogen-bond donors (Lipinski definition) is 0. The molecule has 164 valence electrons. The summed E-state index contributed by atoms with van der Waals surface area (Å²) in [5.41, 5.74) is 5.14. The summed E-state index contributed by atoms with van der Waals surface area (Å²) in [4.78, 5) is 18.6. The van der Waals surface area contributed by atoms with Crippen molar-refractivity contribution in [3.05, 3.63) is 82.5 Å². The second-order valence-corrected chi connectivity index (χ2v) is 8.61. The molecule has 1 aromatic carbocycles. The molecule has 0 N–H and O–H groups in total. The van der Waals surface area contributed by atoms with E-state index in [4.69, 9.17) is 21.6 Å². The van der Waals surface area contributed by atoms with Crippen LogP contribution < -0.4 is 0 Å². The fourth-order valence-corrected chi connectivity index (χ4v) is 4.58. The molecule has 0 unspecified atom stereocenters. The lowest BCUT2D eigenvalue weighted by Crippen LogP contribution is -2.08. The number of pyridine rings is 2. The summed E-state index contributed by atoms with van der Waals surface area (Å²) < 4.78 is 30.4. The van der Waals surface area contributed by atoms with Crippen LogP contribution in [0.4, 0.5) is 8.78 Å². The molecule has 8 heteroatoms. The van der Waals surface area contributed by atoms with Crippen molar-refractivity contribution >= 4 is 33.9 Å². The molecular weight excluding hydrogens is 444 g/mol. The van der Waals surface area contributed by atoms with Gasteiger partial charge in [-0.1, -0.05) is 17.7 Å². The Bertz CT molecular complexity index is 1460. The third kappa shape index (κ3) is 3.53. The number of halogens is 3. The standard InChI is InChI=1S/C25H18ClF2N5/c26-17-10-16(18(27)11-19(17)28)25-15(6-7-29-25)20-4-5-21-22(31-20)9-14(12-30-21)23-13-33-8-2-1-3-24(33)32-23/h4-6,9-13H,1-3,7-8H2. The number of aliphatic imine (C=N–C) groups is 1. The highest BCUT2D eigenvalue weighted by Crippen LogP contribution is 2.30. The number of imidazole rings is 1. The number of aromatic nitrogens is 4. The van der Waals surface area contributed by atoms with Crippen molar-refractivity contribution in [1.82, 2.24) is 19.5 Å². The molecule has 5 heterocycles. The SMILES string of the molecule is Fc1cc(F)c(C2=NCC=C2c2ccc3ncc(-c4cn5c(n4)CCCC5)cc3n2)cc1Cl. The van der Waals surface area contributed by atoms with Gasteiger partial charge in [0.25, 0.3) is 0 Å². The first-order valence-electron chi connectivity index (χ1n) is 10.8. The van der Waals surface area contributed by atoms with Gasteiger partial charge >= 0.3 is 0 Å². The number of rotatable bonds is 3. The average molecular weight is 462 g/mol. The highest BCUT2D eigenvalue weighted by Gasteiger charge is 2.22. The van der Waals surface area contributed by atoms with Gasteiger partial charge in [0.2, 0.25) is 0 Å². The van der Waals surface area contributed by atoms with E-state index in [0.717, 1.165) is 48.1 Å². The Morgan fingerprint density at radius 2 is 1.85 bits per heavy atom. The molecule has 0 bridgehead atoms. The summed E-state index contributed by atoms with van der Waals surface area (Å²) in [6.45, 7) is 1.38.